The first-order valence-corrected chi connectivity index (χ1v) is 5.99. The average molecular weight is 255 g/mol. The van der Waals surface area contributed by atoms with Crippen molar-refractivity contribution in [2.24, 2.45) is 0 Å². The summed E-state index contributed by atoms with van der Waals surface area (Å²) < 4.78 is 5.22. The SMILES string of the molecule is O=C(OCc1ccccc1)N1CC[C@@H](NCl)C1. The second-order valence-electron chi connectivity index (χ2n) is 4.08. The van der Waals surface area contributed by atoms with E-state index < -0.39 is 0 Å². The van der Waals surface area contributed by atoms with Gasteiger partial charge in [-0.15, -0.1) is 0 Å². The molecule has 1 aromatic carbocycles. The zero-order valence-corrected chi connectivity index (χ0v) is 10.2. The lowest BCUT2D eigenvalue weighted by Crippen LogP contribution is -2.32. The smallest absolute Gasteiger partial charge is 0.410 e. The number of nitrogens with zero attached hydrogens (tertiary/aromatic N) is 1. The van der Waals surface area contributed by atoms with Gasteiger partial charge in [0.2, 0.25) is 0 Å². The first-order valence-electron chi connectivity index (χ1n) is 5.61. The number of hydrogen-bond donors (Lipinski definition) is 1. The maximum atomic E-state index is 11.7. The van der Waals surface area contributed by atoms with Crippen LogP contribution in [0, 0.1) is 0 Å². The predicted molar refractivity (Wildman–Crippen MR) is 65.6 cm³/mol. The Morgan fingerprint density at radius 1 is 1.47 bits per heavy atom. The average Bonchev–Trinajstić information content (AvgIpc) is 2.86. The van der Waals surface area contributed by atoms with E-state index in [1.807, 2.05) is 30.3 Å². The molecule has 0 saturated carbocycles. The highest BCUT2D eigenvalue weighted by Crippen LogP contribution is 2.12. The van der Waals surface area contributed by atoms with Crippen LogP contribution in [-0.2, 0) is 11.3 Å². The van der Waals surface area contributed by atoms with Crippen LogP contribution in [0.5, 0.6) is 0 Å². The Labute approximate surface area is 106 Å². The Morgan fingerprint density at radius 3 is 2.88 bits per heavy atom. The summed E-state index contributed by atoms with van der Waals surface area (Å²) in [5.41, 5.74) is 0.993. The quantitative estimate of drug-likeness (QED) is 0.841. The lowest BCUT2D eigenvalue weighted by atomic mass is 10.2. The van der Waals surface area contributed by atoms with E-state index in [0.29, 0.717) is 19.7 Å². The summed E-state index contributed by atoms with van der Waals surface area (Å²) >= 11 is 5.52. The number of likely N-dealkylation sites (tertiary alicyclic amines) is 1. The molecule has 17 heavy (non-hydrogen) atoms. The van der Waals surface area contributed by atoms with Crippen molar-refractivity contribution >= 4 is 17.9 Å². The van der Waals surface area contributed by atoms with Crippen LogP contribution in [0.25, 0.3) is 0 Å². The minimum atomic E-state index is -0.275. The van der Waals surface area contributed by atoms with E-state index in [1.54, 1.807) is 4.90 Å². The normalized spacial score (nSPS) is 19.4. The van der Waals surface area contributed by atoms with Gasteiger partial charge in [-0.3, -0.25) is 0 Å². The summed E-state index contributed by atoms with van der Waals surface area (Å²) in [6.45, 7) is 1.62. The van der Waals surface area contributed by atoms with Crippen LogP contribution in [0.15, 0.2) is 30.3 Å². The lowest BCUT2D eigenvalue weighted by molar-refractivity contribution is 0.104. The van der Waals surface area contributed by atoms with Gasteiger partial charge in [0.1, 0.15) is 6.61 Å². The molecule has 0 bridgehead atoms. The number of carbonyl (C=O) groups is 1. The summed E-state index contributed by atoms with van der Waals surface area (Å²) in [6, 6.07) is 9.81. The standard InChI is InChI=1S/C12H15ClN2O2/c13-14-11-6-7-15(8-11)12(16)17-9-10-4-2-1-3-5-10/h1-5,11,14H,6-9H2/t11-/m1/s1. The first kappa shape index (κ1) is 12.2. The van der Waals surface area contributed by atoms with Gasteiger partial charge in [0.25, 0.3) is 0 Å². The van der Waals surface area contributed by atoms with Crippen molar-refractivity contribution in [1.29, 1.82) is 0 Å². The number of halogens is 1. The second-order valence-corrected chi connectivity index (χ2v) is 4.30. The lowest BCUT2D eigenvalue weighted by Gasteiger charge is -2.15. The fourth-order valence-corrected chi connectivity index (χ4v) is 2.00. The van der Waals surface area contributed by atoms with Crippen LogP contribution in [0.2, 0.25) is 0 Å². The summed E-state index contributed by atoms with van der Waals surface area (Å²) in [4.78, 5) is 16.0. The van der Waals surface area contributed by atoms with Gasteiger partial charge in [-0.2, -0.15) is 0 Å². The maximum absolute atomic E-state index is 11.7. The van der Waals surface area contributed by atoms with E-state index in [2.05, 4.69) is 4.84 Å². The fourth-order valence-electron chi connectivity index (χ4n) is 1.83. The molecule has 92 valence electrons. The first-order chi connectivity index (χ1) is 8.29. The summed E-state index contributed by atoms with van der Waals surface area (Å²) in [5.74, 6) is 0. The highest BCUT2D eigenvalue weighted by molar-refractivity contribution is 6.13. The molecule has 2 rings (SSSR count). The van der Waals surface area contributed by atoms with Crippen LogP contribution >= 0.6 is 11.8 Å². The van der Waals surface area contributed by atoms with Crippen molar-refractivity contribution in [3.63, 3.8) is 0 Å². The van der Waals surface area contributed by atoms with Gasteiger partial charge < -0.3 is 9.64 Å². The molecule has 1 amide bonds. The van der Waals surface area contributed by atoms with Crippen molar-refractivity contribution in [2.45, 2.75) is 19.1 Å². The molecule has 1 N–H and O–H groups in total. The second kappa shape index (κ2) is 5.89. The van der Waals surface area contributed by atoms with E-state index in [9.17, 15) is 4.79 Å². The molecule has 1 atom stereocenters. The Bertz CT molecular complexity index is 372. The molecule has 1 heterocycles. The van der Waals surface area contributed by atoms with Crippen molar-refractivity contribution in [1.82, 2.24) is 9.74 Å². The van der Waals surface area contributed by atoms with Crippen LogP contribution in [0.1, 0.15) is 12.0 Å². The maximum Gasteiger partial charge on any atom is 0.410 e. The topological polar surface area (TPSA) is 41.6 Å². The third-order valence-corrected chi connectivity index (χ3v) is 3.11. The third-order valence-electron chi connectivity index (χ3n) is 2.81. The molecule has 1 aliphatic rings. The van der Waals surface area contributed by atoms with E-state index in [1.165, 1.54) is 0 Å². The number of amides is 1. The number of ether oxygens (including phenoxy) is 1. The van der Waals surface area contributed by atoms with Gasteiger partial charge in [0.15, 0.2) is 0 Å². The van der Waals surface area contributed by atoms with Gasteiger partial charge in [0, 0.05) is 19.1 Å². The van der Waals surface area contributed by atoms with Crippen LogP contribution in [0.4, 0.5) is 4.79 Å². The zero-order valence-electron chi connectivity index (χ0n) is 9.43. The van der Waals surface area contributed by atoms with Gasteiger partial charge in [-0.25, -0.2) is 9.63 Å². The Kier molecular flexibility index (Phi) is 4.23. The molecule has 5 heteroatoms. The van der Waals surface area contributed by atoms with Crippen molar-refractivity contribution in [2.75, 3.05) is 13.1 Å². The molecule has 1 aromatic rings. The summed E-state index contributed by atoms with van der Waals surface area (Å²) in [6.07, 6.45) is 0.590. The number of nitrogens with one attached hydrogen (secondary N) is 1. The van der Waals surface area contributed by atoms with Crippen molar-refractivity contribution < 1.29 is 9.53 Å². The Morgan fingerprint density at radius 2 is 2.24 bits per heavy atom. The van der Waals surface area contributed by atoms with E-state index in [-0.39, 0.29) is 12.1 Å². The summed E-state index contributed by atoms with van der Waals surface area (Å²) in [7, 11) is 0. The zero-order chi connectivity index (χ0) is 12.1. The van der Waals surface area contributed by atoms with Gasteiger partial charge >= 0.3 is 6.09 Å². The predicted octanol–water partition coefficient (Wildman–Crippen LogP) is 2.14. The molecule has 0 aromatic heterocycles. The van der Waals surface area contributed by atoms with Crippen LogP contribution in [0.3, 0.4) is 0 Å². The Balaban J connectivity index is 1.78. The van der Waals surface area contributed by atoms with Gasteiger partial charge in [-0.1, -0.05) is 30.3 Å². The van der Waals surface area contributed by atoms with Crippen LogP contribution in [-0.4, -0.2) is 30.1 Å². The third kappa shape index (κ3) is 3.35. The highest BCUT2D eigenvalue weighted by atomic mass is 35.5. The van der Waals surface area contributed by atoms with Gasteiger partial charge in [-0.05, 0) is 23.8 Å². The van der Waals surface area contributed by atoms with Crippen LogP contribution < -0.4 is 4.84 Å². The molecule has 0 radical (unpaired) electrons. The molecular formula is C12H15ClN2O2. The number of hydrogen-bond acceptors (Lipinski definition) is 3. The fraction of sp³-hybridized carbons (Fsp3) is 0.417. The molecule has 0 aliphatic carbocycles. The molecule has 1 fully saturated rings. The monoisotopic (exact) mass is 254 g/mol. The number of carbonyl (C=O) groups excluding carboxylic acids is 1. The van der Waals surface area contributed by atoms with Crippen molar-refractivity contribution in [3.05, 3.63) is 35.9 Å². The molecule has 0 spiro atoms. The number of benzene rings is 1. The van der Waals surface area contributed by atoms with Crippen molar-refractivity contribution in [3.8, 4) is 0 Å². The molecule has 1 saturated heterocycles. The Hall–Kier alpha value is -1.26. The molecular weight excluding hydrogens is 240 g/mol. The van der Waals surface area contributed by atoms with Gasteiger partial charge in [0.05, 0.1) is 0 Å². The summed E-state index contributed by atoms with van der Waals surface area (Å²) in [5, 5.41) is 0. The minimum absolute atomic E-state index is 0.168. The number of rotatable bonds is 3. The molecule has 1 aliphatic heterocycles. The van der Waals surface area contributed by atoms with E-state index in [0.717, 1.165) is 12.0 Å². The van der Waals surface area contributed by atoms with E-state index >= 15 is 0 Å². The minimum Gasteiger partial charge on any atom is -0.445 e. The largest absolute Gasteiger partial charge is 0.445 e. The molecule has 0 unspecified atom stereocenters. The van der Waals surface area contributed by atoms with E-state index in [4.69, 9.17) is 16.5 Å². The molecule has 4 nitrogen and oxygen atoms in total. The highest BCUT2D eigenvalue weighted by Gasteiger charge is 2.26.